The maximum absolute atomic E-state index is 6.07. The monoisotopic (exact) mass is 638 g/mol. The van der Waals surface area contributed by atoms with Gasteiger partial charge in [-0.3, -0.25) is 0 Å². The fourth-order valence-electron chi connectivity index (χ4n) is 3.62. The maximum Gasteiger partial charge on any atom is 0.135 e. The molecule has 9 heteroatoms. The number of hydrogen-bond donors (Lipinski definition) is 0. The molecule has 1 heterocycles. The van der Waals surface area contributed by atoms with E-state index >= 15 is 0 Å². The Morgan fingerprint density at radius 1 is 0.667 bits per heavy atom. The molecule has 1 fully saturated rings. The molecule has 0 spiro atoms. The third kappa shape index (κ3) is 15.1. The predicted octanol–water partition coefficient (Wildman–Crippen LogP) is 6.58. The Morgan fingerprint density at radius 3 is 1.78 bits per heavy atom. The maximum atomic E-state index is 6.07. The van der Waals surface area contributed by atoms with Crippen LogP contribution in [0, 0.1) is 0 Å². The van der Waals surface area contributed by atoms with Crippen LogP contribution < -0.4 is 9.47 Å². The molecule has 1 atom stereocenters. The highest BCUT2D eigenvalue weighted by Gasteiger charge is 2.15. The van der Waals surface area contributed by atoms with Gasteiger partial charge in [0.2, 0.25) is 0 Å². The van der Waals surface area contributed by atoms with Gasteiger partial charge in [0.05, 0.1) is 75.0 Å². The second-order valence-corrected chi connectivity index (χ2v) is 10.5. The fourth-order valence-corrected chi connectivity index (χ4v) is 4.50. The third-order valence-electron chi connectivity index (χ3n) is 5.67. The highest BCUT2D eigenvalue weighted by Crippen LogP contribution is 2.36. The quantitative estimate of drug-likeness (QED) is 0.226. The van der Waals surface area contributed by atoms with Crippen LogP contribution in [0.2, 0.25) is 0 Å². The predicted molar refractivity (Wildman–Crippen MR) is 148 cm³/mol. The molecular weight excluding hydrogens is 596 g/mol. The van der Waals surface area contributed by atoms with Gasteiger partial charge in [0.1, 0.15) is 24.2 Å². The van der Waals surface area contributed by atoms with E-state index < -0.39 is 0 Å². The number of ether oxygens (including phenoxy) is 7. The van der Waals surface area contributed by atoms with E-state index in [0.717, 1.165) is 26.9 Å². The standard InChI is InChI=1S/C27H44Br2O7/c1-2-3-4-5-6-7-8-9-10-35-26-19-25(29)27(20-24(26)28)36-22-23-21-33-16-15-31-12-11-30-13-14-32-17-18-34-23/h19-20,23H,2-18,21-22H2,1H3. The Morgan fingerprint density at radius 2 is 1.17 bits per heavy atom. The van der Waals surface area contributed by atoms with Crippen molar-refractivity contribution >= 4 is 31.9 Å². The summed E-state index contributed by atoms with van der Waals surface area (Å²) >= 11 is 7.24. The molecule has 0 saturated carbocycles. The second kappa shape index (κ2) is 21.5. The first kappa shape index (κ1) is 31.8. The van der Waals surface area contributed by atoms with Crippen LogP contribution in [0.5, 0.6) is 11.5 Å². The molecule has 1 aromatic rings. The average Bonchev–Trinajstić information content (AvgIpc) is 2.88. The van der Waals surface area contributed by atoms with Crippen molar-refractivity contribution in [2.24, 2.45) is 0 Å². The average molecular weight is 640 g/mol. The van der Waals surface area contributed by atoms with Crippen LogP contribution >= 0.6 is 31.9 Å². The molecule has 7 nitrogen and oxygen atoms in total. The van der Waals surface area contributed by atoms with Gasteiger partial charge >= 0.3 is 0 Å². The minimum absolute atomic E-state index is 0.224. The molecule has 1 aromatic carbocycles. The molecule has 0 bridgehead atoms. The summed E-state index contributed by atoms with van der Waals surface area (Å²) in [6.45, 7) is 7.91. The summed E-state index contributed by atoms with van der Waals surface area (Å²) < 4.78 is 41.9. The summed E-state index contributed by atoms with van der Waals surface area (Å²) in [6.07, 6.45) is 10.0. The summed E-state index contributed by atoms with van der Waals surface area (Å²) in [5.74, 6) is 1.53. The van der Waals surface area contributed by atoms with Crippen LogP contribution in [0.25, 0.3) is 0 Å². The highest BCUT2D eigenvalue weighted by molar-refractivity contribution is 9.11. The third-order valence-corrected chi connectivity index (χ3v) is 6.91. The first-order chi connectivity index (χ1) is 17.7. The van der Waals surface area contributed by atoms with Gasteiger partial charge in [0.15, 0.2) is 0 Å². The van der Waals surface area contributed by atoms with Crippen molar-refractivity contribution in [2.45, 2.75) is 64.4 Å². The topological polar surface area (TPSA) is 64.6 Å². The number of hydrogen-bond acceptors (Lipinski definition) is 7. The van der Waals surface area contributed by atoms with E-state index in [4.69, 9.17) is 33.2 Å². The summed E-state index contributed by atoms with van der Waals surface area (Å²) in [6, 6.07) is 3.88. The lowest BCUT2D eigenvalue weighted by molar-refractivity contribution is -0.0607. The molecule has 0 amide bonds. The second-order valence-electron chi connectivity index (χ2n) is 8.75. The number of halogens is 2. The molecule has 208 valence electrons. The van der Waals surface area contributed by atoms with Crippen LogP contribution in [-0.2, 0) is 23.7 Å². The fraction of sp³-hybridized carbons (Fsp3) is 0.778. The van der Waals surface area contributed by atoms with E-state index in [9.17, 15) is 0 Å². The van der Waals surface area contributed by atoms with E-state index in [1.54, 1.807) is 0 Å². The van der Waals surface area contributed by atoms with Gasteiger partial charge in [-0.1, -0.05) is 51.9 Å². The SMILES string of the molecule is CCCCCCCCCCOc1cc(Br)c(OCC2COCCOCCOCCOCCO2)cc1Br. The zero-order valence-corrected chi connectivity index (χ0v) is 25.0. The van der Waals surface area contributed by atoms with E-state index in [0.29, 0.717) is 72.7 Å². The van der Waals surface area contributed by atoms with Crippen LogP contribution in [0.3, 0.4) is 0 Å². The Kier molecular flexibility index (Phi) is 19.0. The molecular formula is C27H44Br2O7. The Labute approximate surface area is 234 Å². The normalized spacial score (nSPS) is 18.8. The van der Waals surface area contributed by atoms with Crippen molar-refractivity contribution in [3.8, 4) is 11.5 Å². The number of rotatable bonds is 13. The van der Waals surface area contributed by atoms with Gasteiger partial charge in [0.25, 0.3) is 0 Å². The largest absolute Gasteiger partial charge is 0.492 e. The van der Waals surface area contributed by atoms with Crippen molar-refractivity contribution in [1.82, 2.24) is 0 Å². The zero-order chi connectivity index (χ0) is 25.7. The van der Waals surface area contributed by atoms with Gasteiger partial charge in [-0.05, 0) is 50.4 Å². The van der Waals surface area contributed by atoms with E-state index in [-0.39, 0.29) is 6.10 Å². The van der Waals surface area contributed by atoms with E-state index in [2.05, 4.69) is 38.8 Å². The van der Waals surface area contributed by atoms with E-state index in [1.807, 2.05) is 12.1 Å². The van der Waals surface area contributed by atoms with Gasteiger partial charge in [0, 0.05) is 0 Å². The van der Waals surface area contributed by atoms with Gasteiger partial charge < -0.3 is 33.2 Å². The van der Waals surface area contributed by atoms with Crippen molar-refractivity contribution < 1.29 is 33.2 Å². The van der Waals surface area contributed by atoms with Crippen molar-refractivity contribution in [2.75, 3.05) is 72.7 Å². The zero-order valence-electron chi connectivity index (χ0n) is 21.8. The molecule has 0 N–H and O–H groups in total. The van der Waals surface area contributed by atoms with Crippen molar-refractivity contribution in [3.05, 3.63) is 21.1 Å². The Bertz CT molecular complexity index is 662. The molecule has 0 aromatic heterocycles. The molecule has 1 saturated heterocycles. The summed E-state index contributed by atoms with van der Waals surface area (Å²) in [4.78, 5) is 0. The minimum Gasteiger partial charge on any atom is -0.492 e. The molecule has 36 heavy (non-hydrogen) atoms. The first-order valence-electron chi connectivity index (χ1n) is 13.4. The first-order valence-corrected chi connectivity index (χ1v) is 15.0. The van der Waals surface area contributed by atoms with Gasteiger partial charge in [-0.25, -0.2) is 0 Å². The smallest absolute Gasteiger partial charge is 0.135 e. The van der Waals surface area contributed by atoms with E-state index in [1.165, 1.54) is 44.9 Å². The Hall–Kier alpha value is -0.420. The minimum atomic E-state index is -0.224. The molecule has 1 aliphatic rings. The number of benzene rings is 1. The van der Waals surface area contributed by atoms with Crippen LogP contribution in [0.1, 0.15) is 58.3 Å². The molecule has 1 unspecified atom stereocenters. The molecule has 0 radical (unpaired) electrons. The summed E-state index contributed by atoms with van der Waals surface area (Å²) in [7, 11) is 0. The summed E-state index contributed by atoms with van der Waals surface area (Å²) in [5, 5.41) is 0. The number of unbranched alkanes of at least 4 members (excludes halogenated alkanes) is 7. The molecule has 0 aliphatic carbocycles. The lowest BCUT2D eigenvalue weighted by atomic mass is 10.1. The Balaban J connectivity index is 1.73. The molecule has 1 aliphatic heterocycles. The van der Waals surface area contributed by atoms with Crippen LogP contribution in [0.4, 0.5) is 0 Å². The highest BCUT2D eigenvalue weighted by atomic mass is 79.9. The lowest BCUT2D eigenvalue weighted by Crippen LogP contribution is -2.29. The van der Waals surface area contributed by atoms with Gasteiger partial charge in [-0.2, -0.15) is 0 Å². The lowest BCUT2D eigenvalue weighted by Gasteiger charge is -2.20. The van der Waals surface area contributed by atoms with Gasteiger partial charge in [-0.15, -0.1) is 0 Å². The van der Waals surface area contributed by atoms with Crippen LogP contribution in [-0.4, -0.2) is 78.8 Å². The molecule has 2 rings (SSSR count). The van der Waals surface area contributed by atoms with Crippen molar-refractivity contribution in [1.29, 1.82) is 0 Å². The van der Waals surface area contributed by atoms with Crippen molar-refractivity contribution in [3.63, 3.8) is 0 Å². The summed E-state index contributed by atoms with van der Waals surface area (Å²) in [5.41, 5.74) is 0. The van der Waals surface area contributed by atoms with Crippen LogP contribution in [0.15, 0.2) is 21.1 Å².